The van der Waals surface area contributed by atoms with E-state index in [0.29, 0.717) is 0 Å². The van der Waals surface area contributed by atoms with Crippen LogP contribution in [0.2, 0.25) is 0 Å². The average Bonchev–Trinajstić information content (AvgIpc) is 2.82. The van der Waals surface area contributed by atoms with Crippen molar-refractivity contribution in [3.63, 3.8) is 0 Å². The molecule has 4 nitrogen and oxygen atoms in total. The Hall–Kier alpha value is -1.39. The van der Waals surface area contributed by atoms with Crippen LogP contribution in [-0.4, -0.2) is 23.6 Å². The average molecular weight is 290 g/mol. The molecular weight excluding hydrogens is 264 g/mol. The van der Waals surface area contributed by atoms with E-state index in [-0.39, 0.29) is 24.4 Å². The lowest BCUT2D eigenvalue weighted by Crippen LogP contribution is -2.39. The van der Waals surface area contributed by atoms with Crippen LogP contribution < -0.4 is 10.6 Å². The van der Waals surface area contributed by atoms with Crippen LogP contribution in [0.25, 0.3) is 0 Å². The van der Waals surface area contributed by atoms with Crippen LogP contribution in [0.3, 0.4) is 0 Å². The molecule has 1 heterocycles. The molecule has 3 N–H and O–H groups in total. The Kier molecular flexibility index (Phi) is 5.01. The third-order valence-corrected chi connectivity index (χ3v) is 4.50. The van der Waals surface area contributed by atoms with E-state index in [1.807, 2.05) is 23.1 Å². The van der Waals surface area contributed by atoms with E-state index in [9.17, 15) is 9.90 Å². The number of fused-ring (bicyclic) bond motifs is 1. The van der Waals surface area contributed by atoms with Gasteiger partial charge >= 0.3 is 0 Å². The Morgan fingerprint density at radius 2 is 2.10 bits per heavy atom. The molecule has 1 aromatic carbocycles. The summed E-state index contributed by atoms with van der Waals surface area (Å²) in [5.41, 5.74) is 8.47. The summed E-state index contributed by atoms with van der Waals surface area (Å²) in [5.74, 6) is 0.311. The highest BCUT2D eigenvalue weighted by Crippen LogP contribution is 2.35. The lowest BCUT2D eigenvalue weighted by Gasteiger charge is -2.27. The summed E-state index contributed by atoms with van der Waals surface area (Å²) < 4.78 is 0. The largest absolute Gasteiger partial charge is 0.387 e. The zero-order valence-corrected chi connectivity index (χ0v) is 13.2. The number of anilines is 1. The fourth-order valence-corrected chi connectivity index (χ4v) is 3.16. The molecule has 4 heteroatoms. The van der Waals surface area contributed by atoms with Crippen LogP contribution in [0.1, 0.15) is 50.8 Å². The van der Waals surface area contributed by atoms with Crippen molar-refractivity contribution in [1.82, 2.24) is 0 Å². The molecule has 0 saturated carbocycles. The number of aliphatic hydroxyl groups excluding tert-OH is 1. The highest BCUT2D eigenvalue weighted by Gasteiger charge is 2.33. The highest BCUT2D eigenvalue weighted by molar-refractivity contribution is 5.97. The lowest BCUT2D eigenvalue weighted by molar-refractivity contribution is -0.122. The molecule has 0 aliphatic carbocycles. The van der Waals surface area contributed by atoms with Gasteiger partial charge in [-0.2, -0.15) is 0 Å². The van der Waals surface area contributed by atoms with Crippen molar-refractivity contribution < 1.29 is 9.90 Å². The number of carbonyl (C=O) groups is 1. The van der Waals surface area contributed by atoms with Gasteiger partial charge in [-0.15, -0.1) is 0 Å². The summed E-state index contributed by atoms with van der Waals surface area (Å²) in [7, 11) is 0. The minimum atomic E-state index is -0.630. The third-order valence-electron chi connectivity index (χ3n) is 4.50. The summed E-state index contributed by atoms with van der Waals surface area (Å²) in [6, 6.07) is 6.00. The van der Waals surface area contributed by atoms with Gasteiger partial charge in [-0.05, 0) is 43.4 Å². The summed E-state index contributed by atoms with van der Waals surface area (Å²) in [6.45, 7) is 6.42. The molecule has 0 fully saturated rings. The number of benzene rings is 1. The minimum absolute atomic E-state index is 0.0905. The second kappa shape index (κ2) is 6.58. The van der Waals surface area contributed by atoms with Crippen molar-refractivity contribution in [2.75, 3.05) is 11.4 Å². The number of aliphatic hydroxyl groups is 1. The number of hydrogen-bond acceptors (Lipinski definition) is 3. The quantitative estimate of drug-likeness (QED) is 0.875. The molecule has 2 unspecified atom stereocenters. The van der Waals surface area contributed by atoms with Gasteiger partial charge in [0.1, 0.15) is 0 Å². The van der Waals surface area contributed by atoms with Crippen molar-refractivity contribution in [2.45, 2.75) is 52.2 Å². The highest BCUT2D eigenvalue weighted by atomic mass is 16.3. The molecule has 116 valence electrons. The summed E-state index contributed by atoms with van der Waals surface area (Å²) in [6.07, 6.45) is 1.96. The maximum absolute atomic E-state index is 12.7. The smallest absolute Gasteiger partial charge is 0.230 e. The third kappa shape index (κ3) is 2.97. The predicted molar refractivity (Wildman–Crippen MR) is 85.2 cm³/mol. The summed E-state index contributed by atoms with van der Waals surface area (Å²) >= 11 is 0. The SMILES string of the molecule is CCC(CC)C(=O)N1c2ccc(C(O)CN)cc2CC1C. The molecule has 0 saturated heterocycles. The summed E-state index contributed by atoms with van der Waals surface area (Å²) in [5, 5.41) is 9.86. The first-order chi connectivity index (χ1) is 10.0. The number of carbonyl (C=O) groups excluding carboxylic acids is 1. The van der Waals surface area contributed by atoms with Crippen LogP contribution in [-0.2, 0) is 11.2 Å². The molecule has 21 heavy (non-hydrogen) atoms. The Morgan fingerprint density at radius 1 is 1.43 bits per heavy atom. The van der Waals surface area contributed by atoms with E-state index < -0.39 is 6.10 Å². The van der Waals surface area contributed by atoms with Crippen LogP contribution in [0.4, 0.5) is 5.69 Å². The first kappa shape index (κ1) is 16.0. The van der Waals surface area contributed by atoms with Gasteiger partial charge in [-0.3, -0.25) is 4.79 Å². The normalized spacial score (nSPS) is 19.0. The van der Waals surface area contributed by atoms with Crippen molar-refractivity contribution in [2.24, 2.45) is 11.7 Å². The summed E-state index contributed by atoms with van der Waals surface area (Å²) in [4.78, 5) is 14.6. The van der Waals surface area contributed by atoms with Gasteiger partial charge in [-0.1, -0.05) is 26.0 Å². The standard InChI is InChI=1S/C17H26N2O2/c1-4-12(5-2)17(21)19-11(3)8-14-9-13(16(20)10-18)6-7-15(14)19/h6-7,9,11-12,16,20H,4-5,8,10,18H2,1-3H3. The number of nitrogens with zero attached hydrogens (tertiary/aromatic N) is 1. The van der Waals surface area contributed by atoms with Crippen LogP contribution in [0.15, 0.2) is 18.2 Å². The van der Waals surface area contributed by atoms with E-state index in [2.05, 4.69) is 20.8 Å². The van der Waals surface area contributed by atoms with E-state index >= 15 is 0 Å². The molecule has 2 atom stereocenters. The van der Waals surface area contributed by atoms with Gasteiger partial charge in [0.15, 0.2) is 0 Å². The fourth-order valence-electron chi connectivity index (χ4n) is 3.16. The molecule has 1 aliphatic heterocycles. The second-order valence-electron chi connectivity index (χ2n) is 5.91. The van der Waals surface area contributed by atoms with Gasteiger partial charge in [-0.25, -0.2) is 0 Å². The van der Waals surface area contributed by atoms with E-state index in [1.165, 1.54) is 0 Å². The molecule has 0 spiro atoms. The van der Waals surface area contributed by atoms with Gasteiger partial charge in [0.2, 0.25) is 5.91 Å². The Bertz CT molecular complexity index is 512. The maximum atomic E-state index is 12.7. The van der Waals surface area contributed by atoms with E-state index in [4.69, 9.17) is 5.73 Å². The van der Waals surface area contributed by atoms with Crippen molar-refractivity contribution >= 4 is 11.6 Å². The Balaban J connectivity index is 2.31. The minimum Gasteiger partial charge on any atom is -0.387 e. The zero-order chi connectivity index (χ0) is 15.6. The molecule has 0 aromatic heterocycles. The van der Waals surface area contributed by atoms with Gasteiger partial charge in [0.25, 0.3) is 0 Å². The Morgan fingerprint density at radius 3 is 2.67 bits per heavy atom. The molecule has 1 aromatic rings. The topological polar surface area (TPSA) is 66.6 Å². The second-order valence-corrected chi connectivity index (χ2v) is 5.91. The van der Waals surface area contributed by atoms with Crippen LogP contribution in [0, 0.1) is 5.92 Å². The van der Waals surface area contributed by atoms with E-state index in [1.54, 1.807) is 0 Å². The van der Waals surface area contributed by atoms with Crippen LogP contribution in [0.5, 0.6) is 0 Å². The van der Waals surface area contributed by atoms with Gasteiger partial charge in [0.05, 0.1) is 6.10 Å². The number of rotatable bonds is 5. The van der Waals surface area contributed by atoms with Gasteiger partial charge in [0, 0.05) is 24.2 Å². The monoisotopic (exact) mass is 290 g/mol. The molecular formula is C17H26N2O2. The number of hydrogen-bond donors (Lipinski definition) is 2. The Labute approximate surface area is 126 Å². The molecule has 2 rings (SSSR count). The number of amides is 1. The fraction of sp³-hybridized carbons (Fsp3) is 0.588. The molecule has 1 aliphatic rings. The van der Waals surface area contributed by atoms with Crippen molar-refractivity contribution in [3.05, 3.63) is 29.3 Å². The van der Waals surface area contributed by atoms with Crippen molar-refractivity contribution in [1.29, 1.82) is 0 Å². The first-order valence-electron chi connectivity index (χ1n) is 7.87. The predicted octanol–water partition coefficient (Wildman–Crippen LogP) is 2.39. The lowest BCUT2D eigenvalue weighted by atomic mass is 10.0. The first-order valence-corrected chi connectivity index (χ1v) is 7.87. The molecule has 0 bridgehead atoms. The van der Waals surface area contributed by atoms with Crippen molar-refractivity contribution in [3.8, 4) is 0 Å². The van der Waals surface area contributed by atoms with Gasteiger partial charge < -0.3 is 15.7 Å². The molecule has 0 radical (unpaired) electrons. The molecule has 1 amide bonds. The van der Waals surface area contributed by atoms with E-state index in [0.717, 1.165) is 36.1 Å². The van der Waals surface area contributed by atoms with Crippen LogP contribution >= 0.6 is 0 Å². The maximum Gasteiger partial charge on any atom is 0.230 e. The zero-order valence-electron chi connectivity index (χ0n) is 13.2. The number of nitrogens with two attached hydrogens (primary N) is 1.